The predicted molar refractivity (Wildman–Crippen MR) is 71.3 cm³/mol. The molecule has 4 heteroatoms. The van der Waals surface area contributed by atoms with E-state index in [2.05, 4.69) is 16.8 Å². The number of rotatable bonds is 4. The average Bonchev–Trinajstić information content (AvgIpc) is 2.89. The van der Waals surface area contributed by atoms with Gasteiger partial charge in [-0.3, -0.25) is 4.79 Å². The van der Waals surface area contributed by atoms with Crippen molar-refractivity contribution in [3.8, 4) is 0 Å². The van der Waals surface area contributed by atoms with Gasteiger partial charge in [-0.1, -0.05) is 6.07 Å². The second kappa shape index (κ2) is 6.17. The third kappa shape index (κ3) is 3.54. The molecule has 0 bridgehead atoms. The maximum atomic E-state index is 12.0. The Morgan fingerprint density at radius 2 is 2.53 bits per heavy atom. The number of carbonyl (C=O) groups is 1. The van der Waals surface area contributed by atoms with E-state index in [1.54, 1.807) is 11.3 Å². The maximum absolute atomic E-state index is 12.0. The van der Waals surface area contributed by atoms with Crippen molar-refractivity contribution in [2.24, 2.45) is 0 Å². The number of nitrogens with one attached hydrogen (secondary N) is 1. The van der Waals surface area contributed by atoms with Crippen molar-refractivity contribution < 1.29 is 4.79 Å². The first-order valence-corrected chi connectivity index (χ1v) is 7.14. The summed E-state index contributed by atoms with van der Waals surface area (Å²) < 4.78 is 0. The quantitative estimate of drug-likeness (QED) is 0.887. The van der Waals surface area contributed by atoms with Crippen LogP contribution in [0.25, 0.3) is 0 Å². The topological polar surface area (TPSA) is 32.3 Å². The summed E-state index contributed by atoms with van der Waals surface area (Å²) in [6, 6.07) is 4.53. The SMILES string of the molecule is CN(C(=O)CCc1cccs1)C1CCCNC1. The average molecular weight is 252 g/mol. The lowest BCUT2D eigenvalue weighted by atomic mass is 10.1. The van der Waals surface area contributed by atoms with E-state index in [0.29, 0.717) is 12.5 Å². The third-order valence-electron chi connectivity index (χ3n) is 3.38. The van der Waals surface area contributed by atoms with Crippen LogP contribution in [0, 0.1) is 0 Å². The molecular weight excluding hydrogens is 232 g/mol. The van der Waals surface area contributed by atoms with Crippen LogP contribution in [0.1, 0.15) is 24.1 Å². The number of likely N-dealkylation sites (N-methyl/N-ethyl adjacent to an activating group) is 1. The Balaban J connectivity index is 1.78. The lowest BCUT2D eigenvalue weighted by Crippen LogP contribution is -2.46. The molecule has 0 saturated carbocycles. The summed E-state index contributed by atoms with van der Waals surface area (Å²) in [4.78, 5) is 15.3. The van der Waals surface area contributed by atoms with Gasteiger partial charge in [0.2, 0.25) is 5.91 Å². The highest BCUT2D eigenvalue weighted by molar-refractivity contribution is 7.09. The van der Waals surface area contributed by atoms with Crippen molar-refractivity contribution in [2.75, 3.05) is 20.1 Å². The first-order valence-electron chi connectivity index (χ1n) is 6.26. The van der Waals surface area contributed by atoms with Crippen LogP contribution in [0.15, 0.2) is 17.5 Å². The Morgan fingerprint density at radius 1 is 1.65 bits per heavy atom. The van der Waals surface area contributed by atoms with E-state index in [9.17, 15) is 4.79 Å². The smallest absolute Gasteiger partial charge is 0.222 e. The van der Waals surface area contributed by atoms with E-state index in [-0.39, 0.29) is 5.91 Å². The first kappa shape index (κ1) is 12.6. The Bertz CT molecular complexity index is 344. The second-order valence-corrected chi connectivity index (χ2v) is 5.62. The molecule has 2 heterocycles. The molecule has 94 valence electrons. The van der Waals surface area contributed by atoms with Gasteiger partial charge in [0.25, 0.3) is 0 Å². The van der Waals surface area contributed by atoms with Gasteiger partial charge in [0.15, 0.2) is 0 Å². The van der Waals surface area contributed by atoms with Crippen molar-refractivity contribution in [1.29, 1.82) is 0 Å². The molecule has 1 aliphatic heterocycles. The van der Waals surface area contributed by atoms with E-state index in [4.69, 9.17) is 0 Å². The molecule has 0 radical (unpaired) electrons. The van der Waals surface area contributed by atoms with Crippen molar-refractivity contribution in [3.05, 3.63) is 22.4 Å². The van der Waals surface area contributed by atoms with E-state index < -0.39 is 0 Å². The minimum Gasteiger partial charge on any atom is -0.341 e. The second-order valence-electron chi connectivity index (χ2n) is 4.58. The molecule has 1 fully saturated rings. The van der Waals surface area contributed by atoms with Crippen molar-refractivity contribution in [2.45, 2.75) is 31.7 Å². The summed E-state index contributed by atoms with van der Waals surface area (Å²) in [5.74, 6) is 0.270. The van der Waals surface area contributed by atoms with Gasteiger partial charge in [0.05, 0.1) is 0 Å². The number of hydrogen-bond donors (Lipinski definition) is 1. The largest absolute Gasteiger partial charge is 0.341 e. The minimum absolute atomic E-state index is 0.270. The van der Waals surface area contributed by atoms with E-state index in [1.165, 1.54) is 11.3 Å². The van der Waals surface area contributed by atoms with Crippen LogP contribution in [0.2, 0.25) is 0 Å². The Kier molecular flexibility index (Phi) is 4.57. The van der Waals surface area contributed by atoms with Gasteiger partial charge >= 0.3 is 0 Å². The van der Waals surface area contributed by atoms with Crippen LogP contribution in [0.4, 0.5) is 0 Å². The molecule has 1 N–H and O–H groups in total. The molecule has 1 aromatic heterocycles. The highest BCUT2D eigenvalue weighted by atomic mass is 32.1. The van der Waals surface area contributed by atoms with Gasteiger partial charge in [0, 0.05) is 30.9 Å². The maximum Gasteiger partial charge on any atom is 0.222 e. The highest BCUT2D eigenvalue weighted by Crippen LogP contribution is 2.14. The molecule has 1 atom stereocenters. The predicted octanol–water partition coefficient (Wildman–Crippen LogP) is 1.89. The van der Waals surface area contributed by atoms with Crippen LogP contribution < -0.4 is 5.32 Å². The van der Waals surface area contributed by atoms with E-state index >= 15 is 0 Å². The lowest BCUT2D eigenvalue weighted by molar-refractivity contribution is -0.132. The van der Waals surface area contributed by atoms with Crippen LogP contribution in [-0.2, 0) is 11.2 Å². The van der Waals surface area contributed by atoms with Crippen LogP contribution in [-0.4, -0.2) is 37.0 Å². The van der Waals surface area contributed by atoms with Crippen molar-refractivity contribution >= 4 is 17.2 Å². The fourth-order valence-electron chi connectivity index (χ4n) is 2.23. The minimum atomic E-state index is 0.270. The molecule has 1 aliphatic rings. The number of aryl methyl sites for hydroxylation is 1. The number of carbonyl (C=O) groups excluding carboxylic acids is 1. The Labute approximate surface area is 107 Å². The van der Waals surface area contributed by atoms with Crippen molar-refractivity contribution in [1.82, 2.24) is 10.2 Å². The summed E-state index contributed by atoms with van der Waals surface area (Å²) in [7, 11) is 1.94. The zero-order valence-corrected chi connectivity index (χ0v) is 11.1. The fraction of sp³-hybridized carbons (Fsp3) is 0.615. The number of thiophene rings is 1. The Morgan fingerprint density at radius 3 is 3.18 bits per heavy atom. The zero-order valence-electron chi connectivity index (χ0n) is 10.3. The molecule has 0 spiro atoms. The van der Waals surface area contributed by atoms with E-state index in [0.717, 1.165) is 25.9 Å². The number of nitrogens with zero attached hydrogens (tertiary/aromatic N) is 1. The number of hydrogen-bond acceptors (Lipinski definition) is 3. The zero-order chi connectivity index (χ0) is 12.1. The summed E-state index contributed by atoms with van der Waals surface area (Å²) in [6.07, 6.45) is 3.82. The molecule has 1 unspecified atom stereocenters. The number of piperidine rings is 1. The first-order chi connectivity index (χ1) is 8.27. The standard InChI is InChI=1S/C13H20N2OS/c1-15(11-4-2-8-14-10-11)13(16)7-6-12-5-3-9-17-12/h3,5,9,11,14H,2,4,6-8,10H2,1H3. The van der Waals surface area contributed by atoms with Gasteiger partial charge in [-0.15, -0.1) is 11.3 Å². The molecule has 1 aromatic rings. The Hall–Kier alpha value is -0.870. The molecular formula is C13H20N2OS. The summed E-state index contributed by atoms with van der Waals surface area (Å²) >= 11 is 1.73. The van der Waals surface area contributed by atoms with Crippen LogP contribution in [0.3, 0.4) is 0 Å². The third-order valence-corrected chi connectivity index (χ3v) is 4.31. The van der Waals surface area contributed by atoms with Gasteiger partial charge in [0.1, 0.15) is 0 Å². The van der Waals surface area contributed by atoms with Gasteiger partial charge in [-0.25, -0.2) is 0 Å². The normalized spacial score (nSPS) is 20.2. The van der Waals surface area contributed by atoms with E-state index in [1.807, 2.05) is 18.0 Å². The lowest BCUT2D eigenvalue weighted by Gasteiger charge is -2.31. The van der Waals surface area contributed by atoms with Crippen LogP contribution in [0.5, 0.6) is 0 Å². The highest BCUT2D eigenvalue weighted by Gasteiger charge is 2.21. The van der Waals surface area contributed by atoms with Gasteiger partial charge in [-0.05, 0) is 37.3 Å². The summed E-state index contributed by atoms with van der Waals surface area (Å²) in [5, 5.41) is 5.41. The molecule has 17 heavy (non-hydrogen) atoms. The molecule has 2 rings (SSSR count). The monoisotopic (exact) mass is 252 g/mol. The molecule has 3 nitrogen and oxygen atoms in total. The number of amides is 1. The van der Waals surface area contributed by atoms with Gasteiger partial charge < -0.3 is 10.2 Å². The van der Waals surface area contributed by atoms with Crippen molar-refractivity contribution in [3.63, 3.8) is 0 Å². The molecule has 0 aromatic carbocycles. The molecule has 1 saturated heterocycles. The molecule has 0 aliphatic carbocycles. The van der Waals surface area contributed by atoms with Gasteiger partial charge in [-0.2, -0.15) is 0 Å². The summed E-state index contributed by atoms with van der Waals surface area (Å²) in [6.45, 7) is 2.04. The van der Waals surface area contributed by atoms with Crippen LogP contribution >= 0.6 is 11.3 Å². The fourth-order valence-corrected chi connectivity index (χ4v) is 2.94. The summed E-state index contributed by atoms with van der Waals surface area (Å²) in [5.41, 5.74) is 0. The molecule has 1 amide bonds.